The summed E-state index contributed by atoms with van der Waals surface area (Å²) in [5.74, 6) is -1.12. The molecule has 254 valence electrons. The molecule has 0 saturated heterocycles. The topological polar surface area (TPSA) is 164 Å². The molecule has 47 heavy (non-hydrogen) atoms. The van der Waals surface area contributed by atoms with Crippen LogP contribution in [0.25, 0.3) is 0 Å². The van der Waals surface area contributed by atoms with E-state index in [1.165, 1.54) is 28.1 Å². The summed E-state index contributed by atoms with van der Waals surface area (Å²) in [6.07, 6.45) is -2.08. The molecule has 0 heterocycles. The first kappa shape index (κ1) is 35.4. The third kappa shape index (κ3) is 10.0. The van der Waals surface area contributed by atoms with Crippen molar-refractivity contribution in [3.63, 3.8) is 0 Å². The lowest BCUT2D eigenvalue weighted by atomic mass is 9.83. The Balaban J connectivity index is 1.50. The van der Waals surface area contributed by atoms with Crippen molar-refractivity contribution < 1.29 is 57.8 Å². The predicted octanol–water partition coefficient (Wildman–Crippen LogP) is 4.09. The van der Waals surface area contributed by atoms with Gasteiger partial charge in [0.1, 0.15) is 35.9 Å². The first-order chi connectivity index (χ1) is 22.4. The highest BCUT2D eigenvalue weighted by molar-refractivity contribution is 5.90. The second-order valence-electron chi connectivity index (χ2n) is 12.0. The highest BCUT2D eigenvalue weighted by Crippen LogP contribution is 2.38. The second-order valence-corrected chi connectivity index (χ2v) is 12.0. The quantitative estimate of drug-likeness (QED) is 0.163. The van der Waals surface area contributed by atoms with E-state index in [4.69, 9.17) is 28.4 Å². The second kappa shape index (κ2) is 15.9. The smallest absolute Gasteiger partial charge is 0.338 e. The van der Waals surface area contributed by atoms with Crippen LogP contribution in [0.3, 0.4) is 0 Å². The summed E-state index contributed by atoms with van der Waals surface area (Å²) in [7, 11) is 3.03. The maximum atomic E-state index is 12.9. The standard InChI is InChI=1S/C35H42O12/c1-21(36)44-29-15-23(5-10-28(16-29)46-33(39)24-6-11-26(42-3)12-7-24)19-35(41)20-31(45-22(2)37)17-30(18-32(35)38)47-34(40)25-8-13-27(43-4)14-9-25/h5-9,11-14,28-32,38,41H,10,15-20H2,1-4H3/t28-,29-,30-,31-,32-,35+/m1/s1. The fraction of sp³-hybridized carbons (Fsp3) is 0.486. The molecular formula is C35H42O12. The van der Waals surface area contributed by atoms with Crippen LogP contribution in [-0.2, 0) is 28.5 Å². The molecule has 2 N–H and O–H groups in total. The number of methoxy groups -OCH3 is 2. The molecule has 0 aromatic heterocycles. The van der Waals surface area contributed by atoms with E-state index in [2.05, 4.69) is 0 Å². The first-order valence-corrected chi connectivity index (χ1v) is 15.5. The number of rotatable bonds is 10. The number of ether oxygens (including phenoxy) is 6. The molecule has 1 saturated carbocycles. The number of hydrogen-bond donors (Lipinski definition) is 2. The molecule has 0 spiro atoms. The SMILES string of the molecule is COc1ccc(C(=O)O[C@@H]2CC=C(C[C@]3(O)C[C@H](OC(C)=O)C[C@@H](OC(=O)c4ccc(OC)cc4)C[C@H]3O)C[C@@H](OC(C)=O)C2)cc1. The number of carbonyl (C=O) groups excluding carboxylic acids is 4. The number of benzene rings is 2. The summed E-state index contributed by atoms with van der Waals surface area (Å²) in [5, 5.41) is 23.2. The minimum atomic E-state index is -1.78. The summed E-state index contributed by atoms with van der Waals surface area (Å²) >= 11 is 0. The van der Waals surface area contributed by atoms with Crippen LogP contribution in [0.4, 0.5) is 0 Å². The van der Waals surface area contributed by atoms with Crippen molar-refractivity contribution in [1.29, 1.82) is 0 Å². The zero-order valence-electron chi connectivity index (χ0n) is 27.0. The van der Waals surface area contributed by atoms with Crippen molar-refractivity contribution in [1.82, 2.24) is 0 Å². The first-order valence-electron chi connectivity index (χ1n) is 15.5. The fourth-order valence-corrected chi connectivity index (χ4v) is 6.08. The molecule has 12 nitrogen and oxygen atoms in total. The van der Waals surface area contributed by atoms with Crippen LogP contribution in [0.5, 0.6) is 11.5 Å². The molecule has 2 aromatic carbocycles. The average Bonchev–Trinajstić information content (AvgIpc) is 3.26. The summed E-state index contributed by atoms with van der Waals surface area (Å²) < 4.78 is 32.8. The van der Waals surface area contributed by atoms with Gasteiger partial charge in [-0.3, -0.25) is 9.59 Å². The van der Waals surface area contributed by atoms with Gasteiger partial charge < -0.3 is 38.6 Å². The van der Waals surface area contributed by atoms with E-state index in [9.17, 15) is 29.4 Å². The molecule has 0 unspecified atom stereocenters. The van der Waals surface area contributed by atoms with E-state index >= 15 is 0 Å². The molecule has 1 fully saturated rings. The van der Waals surface area contributed by atoms with Crippen LogP contribution in [0, 0.1) is 0 Å². The molecule has 2 aliphatic rings. The molecular weight excluding hydrogens is 612 g/mol. The Morgan fingerprint density at radius 2 is 1.19 bits per heavy atom. The third-order valence-electron chi connectivity index (χ3n) is 8.30. The van der Waals surface area contributed by atoms with Gasteiger partial charge in [0.2, 0.25) is 0 Å². The Morgan fingerprint density at radius 3 is 1.70 bits per heavy atom. The maximum absolute atomic E-state index is 12.9. The van der Waals surface area contributed by atoms with Gasteiger partial charge in [-0.1, -0.05) is 11.6 Å². The van der Waals surface area contributed by atoms with Crippen molar-refractivity contribution in [2.24, 2.45) is 0 Å². The Hall–Kier alpha value is -4.42. The van der Waals surface area contributed by atoms with E-state index < -0.39 is 60.0 Å². The van der Waals surface area contributed by atoms with Crippen molar-refractivity contribution in [2.75, 3.05) is 14.2 Å². The Bertz CT molecular complexity index is 1430. The molecule has 0 aliphatic heterocycles. The van der Waals surface area contributed by atoms with Crippen LogP contribution in [0.15, 0.2) is 60.2 Å². The Labute approximate surface area is 273 Å². The van der Waals surface area contributed by atoms with E-state index in [1.807, 2.05) is 6.08 Å². The lowest BCUT2D eigenvalue weighted by molar-refractivity contribution is -0.152. The van der Waals surface area contributed by atoms with Gasteiger partial charge in [0.05, 0.1) is 37.1 Å². The highest BCUT2D eigenvalue weighted by Gasteiger charge is 2.45. The van der Waals surface area contributed by atoms with Gasteiger partial charge in [0.15, 0.2) is 0 Å². The predicted molar refractivity (Wildman–Crippen MR) is 167 cm³/mol. The summed E-state index contributed by atoms with van der Waals surface area (Å²) in [6.45, 7) is 2.52. The lowest BCUT2D eigenvalue weighted by Crippen LogP contribution is -2.45. The van der Waals surface area contributed by atoms with Crippen LogP contribution in [0.1, 0.15) is 79.5 Å². The lowest BCUT2D eigenvalue weighted by Gasteiger charge is -2.34. The van der Waals surface area contributed by atoms with Crippen LogP contribution < -0.4 is 9.47 Å². The number of carbonyl (C=O) groups is 4. The zero-order valence-corrected chi connectivity index (χ0v) is 27.0. The minimum Gasteiger partial charge on any atom is -0.497 e. The number of aliphatic hydroxyl groups excluding tert-OH is 1. The normalized spacial score (nSPS) is 26.0. The van der Waals surface area contributed by atoms with Crippen molar-refractivity contribution in [3.05, 3.63) is 71.3 Å². The molecule has 6 atom stereocenters. The Kier molecular flexibility index (Phi) is 12.0. The molecule has 0 amide bonds. The van der Waals surface area contributed by atoms with E-state index in [0.29, 0.717) is 22.6 Å². The summed E-state index contributed by atoms with van der Waals surface area (Å²) in [4.78, 5) is 49.7. The number of aliphatic hydroxyl groups is 2. The summed E-state index contributed by atoms with van der Waals surface area (Å²) in [6, 6.07) is 12.8. The molecule has 12 heteroatoms. The van der Waals surface area contributed by atoms with Gasteiger partial charge in [-0.05, 0) is 55.0 Å². The number of hydrogen-bond acceptors (Lipinski definition) is 12. The van der Waals surface area contributed by atoms with Crippen LogP contribution in [0.2, 0.25) is 0 Å². The molecule has 0 radical (unpaired) electrons. The third-order valence-corrected chi connectivity index (χ3v) is 8.30. The highest BCUT2D eigenvalue weighted by atomic mass is 16.6. The fourth-order valence-electron chi connectivity index (χ4n) is 6.08. The average molecular weight is 655 g/mol. The van der Waals surface area contributed by atoms with Crippen LogP contribution >= 0.6 is 0 Å². The van der Waals surface area contributed by atoms with Gasteiger partial charge in [-0.2, -0.15) is 0 Å². The molecule has 2 aliphatic carbocycles. The van der Waals surface area contributed by atoms with Gasteiger partial charge >= 0.3 is 23.9 Å². The minimum absolute atomic E-state index is 0.0536. The van der Waals surface area contributed by atoms with Crippen molar-refractivity contribution in [3.8, 4) is 11.5 Å². The number of esters is 4. The molecule has 4 rings (SSSR count). The zero-order chi connectivity index (χ0) is 34.1. The van der Waals surface area contributed by atoms with Crippen LogP contribution in [-0.4, -0.2) is 84.4 Å². The van der Waals surface area contributed by atoms with Gasteiger partial charge in [0.25, 0.3) is 0 Å². The van der Waals surface area contributed by atoms with Crippen molar-refractivity contribution in [2.45, 2.75) is 94.9 Å². The molecule has 2 aromatic rings. The van der Waals surface area contributed by atoms with Crippen molar-refractivity contribution >= 4 is 23.9 Å². The molecule has 0 bridgehead atoms. The van der Waals surface area contributed by atoms with Gasteiger partial charge in [-0.15, -0.1) is 0 Å². The Morgan fingerprint density at radius 1 is 0.702 bits per heavy atom. The van der Waals surface area contributed by atoms with Gasteiger partial charge in [-0.25, -0.2) is 9.59 Å². The van der Waals surface area contributed by atoms with Gasteiger partial charge in [0, 0.05) is 52.4 Å². The van der Waals surface area contributed by atoms with E-state index in [0.717, 1.165) is 0 Å². The monoisotopic (exact) mass is 654 g/mol. The van der Waals surface area contributed by atoms with E-state index in [-0.39, 0.29) is 50.5 Å². The largest absolute Gasteiger partial charge is 0.497 e. The summed E-state index contributed by atoms with van der Waals surface area (Å²) in [5.41, 5.74) is -0.520. The van der Waals surface area contributed by atoms with E-state index in [1.54, 1.807) is 48.5 Å². The maximum Gasteiger partial charge on any atom is 0.338 e.